The normalized spacial score (nSPS) is 10.4. The molecule has 0 atom stereocenters. The van der Waals surface area contributed by atoms with E-state index in [1.807, 2.05) is 37.3 Å². The summed E-state index contributed by atoms with van der Waals surface area (Å²) in [6.45, 7) is 3.93. The second-order valence-corrected chi connectivity index (χ2v) is 4.32. The van der Waals surface area contributed by atoms with Crippen molar-refractivity contribution >= 4 is 5.91 Å². The van der Waals surface area contributed by atoms with E-state index in [1.165, 1.54) is 0 Å². The number of nitrogens with one attached hydrogen (secondary N) is 1. The predicted octanol–water partition coefficient (Wildman–Crippen LogP) is 2.03. The van der Waals surface area contributed by atoms with Crippen LogP contribution in [-0.4, -0.2) is 35.4 Å². The second kappa shape index (κ2) is 7.45. The van der Waals surface area contributed by atoms with Gasteiger partial charge in [0.25, 0.3) is 5.91 Å². The van der Waals surface area contributed by atoms with Gasteiger partial charge >= 0.3 is 0 Å². The lowest BCUT2D eigenvalue weighted by atomic mass is 10.3. The van der Waals surface area contributed by atoms with Crippen molar-refractivity contribution in [2.45, 2.75) is 13.3 Å². The zero-order valence-corrected chi connectivity index (χ0v) is 11.6. The Labute approximate surface area is 118 Å². The van der Waals surface area contributed by atoms with Gasteiger partial charge in [0.2, 0.25) is 0 Å². The van der Waals surface area contributed by atoms with Crippen LogP contribution in [0.5, 0.6) is 0 Å². The summed E-state index contributed by atoms with van der Waals surface area (Å²) in [5.74, 6) is -0.108. The van der Waals surface area contributed by atoms with Gasteiger partial charge in [0.1, 0.15) is 0 Å². The maximum atomic E-state index is 11.9. The molecule has 0 aliphatic carbocycles. The molecule has 5 heteroatoms. The van der Waals surface area contributed by atoms with Gasteiger partial charge in [-0.1, -0.05) is 18.2 Å². The highest BCUT2D eigenvalue weighted by atomic mass is 16.5. The van der Waals surface area contributed by atoms with Gasteiger partial charge in [-0.05, 0) is 25.5 Å². The smallest absolute Gasteiger partial charge is 0.254 e. The Morgan fingerprint density at radius 2 is 2.15 bits per heavy atom. The molecular formula is C15H19N3O2. The van der Waals surface area contributed by atoms with Crippen LogP contribution in [0.1, 0.15) is 23.7 Å². The van der Waals surface area contributed by atoms with Gasteiger partial charge in [-0.25, -0.2) is 4.68 Å². The van der Waals surface area contributed by atoms with E-state index in [4.69, 9.17) is 4.74 Å². The average molecular weight is 273 g/mol. The molecule has 0 unspecified atom stereocenters. The minimum absolute atomic E-state index is 0.108. The molecule has 0 saturated carbocycles. The van der Waals surface area contributed by atoms with E-state index in [9.17, 15) is 4.79 Å². The molecule has 0 spiro atoms. The van der Waals surface area contributed by atoms with Crippen molar-refractivity contribution in [1.82, 2.24) is 15.1 Å². The molecule has 2 aromatic rings. The van der Waals surface area contributed by atoms with Crippen LogP contribution in [0.25, 0.3) is 5.69 Å². The third-order valence-electron chi connectivity index (χ3n) is 2.82. The number of carbonyl (C=O) groups excluding carboxylic acids is 1. The van der Waals surface area contributed by atoms with Crippen LogP contribution in [-0.2, 0) is 4.74 Å². The van der Waals surface area contributed by atoms with Crippen LogP contribution >= 0.6 is 0 Å². The molecule has 0 fully saturated rings. The molecule has 1 N–H and O–H groups in total. The van der Waals surface area contributed by atoms with Crippen LogP contribution < -0.4 is 5.32 Å². The number of amides is 1. The molecule has 2 rings (SSSR count). The van der Waals surface area contributed by atoms with E-state index in [0.29, 0.717) is 25.3 Å². The Morgan fingerprint density at radius 1 is 1.35 bits per heavy atom. The fraction of sp³-hybridized carbons (Fsp3) is 0.333. The molecule has 0 radical (unpaired) electrons. The largest absolute Gasteiger partial charge is 0.382 e. The Hall–Kier alpha value is -2.14. The number of aromatic nitrogens is 2. The van der Waals surface area contributed by atoms with Crippen LogP contribution in [0.3, 0.4) is 0 Å². The quantitative estimate of drug-likeness (QED) is 0.785. The van der Waals surface area contributed by atoms with Gasteiger partial charge in [0.15, 0.2) is 0 Å². The predicted molar refractivity (Wildman–Crippen MR) is 77.0 cm³/mol. The van der Waals surface area contributed by atoms with E-state index >= 15 is 0 Å². The minimum atomic E-state index is -0.108. The first-order valence-electron chi connectivity index (χ1n) is 6.77. The molecule has 1 amide bonds. The molecule has 0 aliphatic rings. The Balaban J connectivity index is 1.87. The summed E-state index contributed by atoms with van der Waals surface area (Å²) in [4.78, 5) is 11.9. The van der Waals surface area contributed by atoms with Gasteiger partial charge in [-0.15, -0.1) is 0 Å². The highest BCUT2D eigenvalue weighted by molar-refractivity contribution is 5.93. The Bertz CT molecular complexity index is 537. The Kier molecular flexibility index (Phi) is 5.32. The first-order chi connectivity index (χ1) is 9.81. The molecular weight excluding hydrogens is 254 g/mol. The molecule has 20 heavy (non-hydrogen) atoms. The molecule has 0 bridgehead atoms. The molecule has 106 valence electrons. The first-order valence-corrected chi connectivity index (χ1v) is 6.77. The van der Waals surface area contributed by atoms with Crippen molar-refractivity contribution in [2.75, 3.05) is 19.8 Å². The van der Waals surface area contributed by atoms with Crippen LogP contribution in [0.15, 0.2) is 42.7 Å². The molecule has 0 aliphatic heterocycles. The fourth-order valence-corrected chi connectivity index (χ4v) is 1.78. The monoisotopic (exact) mass is 273 g/mol. The highest BCUT2D eigenvalue weighted by Gasteiger charge is 2.08. The van der Waals surface area contributed by atoms with E-state index in [1.54, 1.807) is 17.1 Å². The zero-order valence-electron chi connectivity index (χ0n) is 11.6. The van der Waals surface area contributed by atoms with Gasteiger partial charge in [0.05, 0.1) is 17.4 Å². The third-order valence-corrected chi connectivity index (χ3v) is 2.82. The number of benzene rings is 1. The van der Waals surface area contributed by atoms with Crippen LogP contribution in [0.2, 0.25) is 0 Å². The molecule has 1 aromatic heterocycles. The van der Waals surface area contributed by atoms with Crippen molar-refractivity contribution < 1.29 is 9.53 Å². The topological polar surface area (TPSA) is 56.1 Å². The maximum Gasteiger partial charge on any atom is 0.254 e. The molecule has 0 saturated heterocycles. The van der Waals surface area contributed by atoms with Crippen molar-refractivity contribution in [3.8, 4) is 5.69 Å². The lowest BCUT2D eigenvalue weighted by Crippen LogP contribution is -2.24. The molecule has 1 aromatic carbocycles. The number of rotatable bonds is 7. The summed E-state index contributed by atoms with van der Waals surface area (Å²) in [6, 6.07) is 9.70. The lowest BCUT2D eigenvalue weighted by Gasteiger charge is -2.03. The number of hydrogen-bond donors (Lipinski definition) is 1. The minimum Gasteiger partial charge on any atom is -0.382 e. The van der Waals surface area contributed by atoms with Crippen LogP contribution in [0, 0.1) is 0 Å². The standard InChI is InChI=1S/C15H19N3O2/c1-2-20-10-6-9-16-15(19)13-11-17-18(12-13)14-7-4-3-5-8-14/h3-5,7-8,11-12H,2,6,9-10H2,1H3,(H,16,19). The van der Waals surface area contributed by atoms with Crippen LogP contribution in [0.4, 0.5) is 0 Å². The number of hydrogen-bond acceptors (Lipinski definition) is 3. The second-order valence-electron chi connectivity index (χ2n) is 4.32. The fourth-order valence-electron chi connectivity index (χ4n) is 1.78. The summed E-state index contributed by atoms with van der Waals surface area (Å²) in [5.41, 5.74) is 1.49. The third kappa shape index (κ3) is 3.93. The van der Waals surface area contributed by atoms with E-state index in [-0.39, 0.29) is 5.91 Å². The van der Waals surface area contributed by atoms with Gasteiger partial charge < -0.3 is 10.1 Å². The number of para-hydroxylation sites is 1. The van der Waals surface area contributed by atoms with Gasteiger partial charge in [-0.3, -0.25) is 4.79 Å². The van der Waals surface area contributed by atoms with E-state index < -0.39 is 0 Å². The summed E-state index contributed by atoms with van der Waals surface area (Å²) >= 11 is 0. The molecule has 1 heterocycles. The summed E-state index contributed by atoms with van der Waals surface area (Å²) in [5, 5.41) is 7.05. The van der Waals surface area contributed by atoms with Crippen molar-refractivity contribution in [3.63, 3.8) is 0 Å². The van der Waals surface area contributed by atoms with Gasteiger partial charge in [0, 0.05) is 26.0 Å². The number of ether oxygens (including phenoxy) is 1. The lowest BCUT2D eigenvalue weighted by molar-refractivity contribution is 0.0944. The van der Waals surface area contributed by atoms with Crippen molar-refractivity contribution in [3.05, 3.63) is 48.3 Å². The summed E-state index contributed by atoms with van der Waals surface area (Å²) < 4.78 is 6.90. The molecule has 5 nitrogen and oxygen atoms in total. The Morgan fingerprint density at radius 3 is 2.90 bits per heavy atom. The summed E-state index contributed by atoms with van der Waals surface area (Å²) in [7, 11) is 0. The van der Waals surface area contributed by atoms with Gasteiger partial charge in [-0.2, -0.15) is 5.10 Å². The maximum absolute atomic E-state index is 11.9. The SMILES string of the molecule is CCOCCCNC(=O)c1cnn(-c2ccccc2)c1. The van der Waals surface area contributed by atoms with E-state index in [0.717, 1.165) is 12.1 Å². The number of nitrogens with zero attached hydrogens (tertiary/aromatic N) is 2. The van der Waals surface area contributed by atoms with Crippen molar-refractivity contribution in [2.24, 2.45) is 0 Å². The number of carbonyl (C=O) groups is 1. The van der Waals surface area contributed by atoms with E-state index in [2.05, 4.69) is 10.4 Å². The average Bonchev–Trinajstić information content (AvgIpc) is 2.98. The zero-order chi connectivity index (χ0) is 14.2. The first kappa shape index (κ1) is 14.3. The highest BCUT2D eigenvalue weighted by Crippen LogP contribution is 2.07. The van der Waals surface area contributed by atoms with Crippen molar-refractivity contribution in [1.29, 1.82) is 0 Å². The summed E-state index contributed by atoms with van der Waals surface area (Å²) in [6.07, 6.45) is 4.12.